The SMILES string of the molecule is CC(C)(C)OC(=O)N1CCNCC1c1nnccc1C(=O)NC1CCC(Oc2ccc(C#N)c(Cl)c2)CC1. The standard InChI is InChI=1S/C27H33ClN6O4/c1-27(2,3)38-26(36)34-13-12-30-16-23(34)24-21(10-11-31-33-24)25(35)32-18-5-8-19(9-6-18)37-20-7-4-17(15-29)22(28)14-20/h4,7,10-11,14,18-19,23,30H,5-6,8-9,12-13,16H2,1-3H3,(H,32,35). The number of benzene rings is 1. The van der Waals surface area contributed by atoms with Gasteiger partial charge >= 0.3 is 6.09 Å². The Bertz CT molecular complexity index is 1200. The molecule has 1 unspecified atom stereocenters. The molecule has 1 aliphatic carbocycles. The van der Waals surface area contributed by atoms with Crippen molar-refractivity contribution in [3.8, 4) is 11.8 Å². The van der Waals surface area contributed by atoms with Crippen molar-refractivity contribution in [2.75, 3.05) is 19.6 Å². The lowest BCUT2D eigenvalue weighted by Crippen LogP contribution is -2.51. The zero-order valence-corrected chi connectivity index (χ0v) is 22.6. The molecule has 11 heteroatoms. The molecule has 38 heavy (non-hydrogen) atoms. The number of carbonyl (C=O) groups excluding carboxylic acids is 2. The van der Waals surface area contributed by atoms with Crippen molar-refractivity contribution >= 4 is 23.6 Å². The molecule has 0 radical (unpaired) electrons. The summed E-state index contributed by atoms with van der Waals surface area (Å²) in [6, 6.07) is 8.25. The van der Waals surface area contributed by atoms with Crippen molar-refractivity contribution in [2.45, 2.75) is 70.2 Å². The molecule has 1 atom stereocenters. The molecule has 1 saturated carbocycles. The van der Waals surface area contributed by atoms with E-state index >= 15 is 0 Å². The Morgan fingerprint density at radius 3 is 2.66 bits per heavy atom. The number of carbonyl (C=O) groups is 2. The van der Waals surface area contributed by atoms with Crippen LogP contribution in [0.2, 0.25) is 5.02 Å². The first-order chi connectivity index (χ1) is 18.1. The molecule has 4 rings (SSSR count). The van der Waals surface area contributed by atoms with Gasteiger partial charge in [0, 0.05) is 31.7 Å². The number of nitriles is 1. The average Bonchev–Trinajstić information content (AvgIpc) is 2.89. The third-order valence-corrected chi connectivity index (χ3v) is 6.87. The Kier molecular flexibility index (Phi) is 8.69. The fourth-order valence-corrected chi connectivity index (χ4v) is 4.92. The lowest BCUT2D eigenvalue weighted by Gasteiger charge is -2.37. The van der Waals surface area contributed by atoms with Gasteiger partial charge in [0.05, 0.1) is 40.2 Å². The molecule has 10 nitrogen and oxygen atoms in total. The largest absolute Gasteiger partial charge is 0.490 e. The van der Waals surface area contributed by atoms with Crippen LogP contribution in [-0.2, 0) is 4.74 Å². The summed E-state index contributed by atoms with van der Waals surface area (Å²) in [4.78, 5) is 27.9. The quantitative estimate of drug-likeness (QED) is 0.582. The van der Waals surface area contributed by atoms with E-state index in [4.69, 9.17) is 26.3 Å². The summed E-state index contributed by atoms with van der Waals surface area (Å²) in [6.07, 6.45) is 4.09. The van der Waals surface area contributed by atoms with Crippen LogP contribution in [-0.4, -0.2) is 64.5 Å². The summed E-state index contributed by atoms with van der Waals surface area (Å²) in [6.45, 7) is 6.97. The van der Waals surface area contributed by atoms with Gasteiger partial charge in [-0.1, -0.05) is 11.6 Å². The molecule has 1 aliphatic heterocycles. The molecule has 1 saturated heterocycles. The van der Waals surface area contributed by atoms with Crippen molar-refractivity contribution < 1.29 is 19.1 Å². The topological polar surface area (TPSA) is 129 Å². The van der Waals surface area contributed by atoms with E-state index in [9.17, 15) is 9.59 Å². The lowest BCUT2D eigenvalue weighted by atomic mass is 9.92. The molecule has 202 valence electrons. The van der Waals surface area contributed by atoms with E-state index in [0.717, 1.165) is 25.7 Å². The minimum Gasteiger partial charge on any atom is -0.490 e. The van der Waals surface area contributed by atoms with Crippen LogP contribution in [0.25, 0.3) is 0 Å². The van der Waals surface area contributed by atoms with E-state index in [1.54, 1.807) is 29.2 Å². The van der Waals surface area contributed by atoms with Crippen LogP contribution in [0, 0.1) is 11.3 Å². The number of hydrogen-bond acceptors (Lipinski definition) is 8. The summed E-state index contributed by atoms with van der Waals surface area (Å²) >= 11 is 6.12. The van der Waals surface area contributed by atoms with E-state index in [2.05, 4.69) is 20.8 Å². The van der Waals surface area contributed by atoms with Crippen molar-refractivity contribution in [1.29, 1.82) is 5.26 Å². The van der Waals surface area contributed by atoms with Crippen molar-refractivity contribution in [3.05, 3.63) is 52.3 Å². The zero-order valence-electron chi connectivity index (χ0n) is 21.9. The van der Waals surface area contributed by atoms with Gasteiger partial charge in [0.1, 0.15) is 17.4 Å². The van der Waals surface area contributed by atoms with Gasteiger partial charge < -0.3 is 20.1 Å². The fourth-order valence-electron chi connectivity index (χ4n) is 4.71. The molecule has 2 aromatic rings. The number of aromatic nitrogens is 2. The van der Waals surface area contributed by atoms with E-state index < -0.39 is 17.7 Å². The second kappa shape index (κ2) is 12.0. The van der Waals surface area contributed by atoms with Gasteiger partial charge in [-0.3, -0.25) is 9.69 Å². The summed E-state index contributed by atoms with van der Waals surface area (Å²) in [5.41, 5.74) is 0.614. The summed E-state index contributed by atoms with van der Waals surface area (Å²) in [5, 5.41) is 24.1. The lowest BCUT2D eigenvalue weighted by molar-refractivity contribution is 0.0110. The first kappa shape index (κ1) is 27.6. The Morgan fingerprint density at radius 2 is 1.97 bits per heavy atom. The Labute approximate surface area is 227 Å². The van der Waals surface area contributed by atoms with Gasteiger partial charge in [-0.2, -0.15) is 15.5 Å². The maximum Gasteiger partial charge on any atom is 0.410 e. The van der Waals surface area contributed by atoms with Crippen molar-refractivity contribution in [2.24, 2.45) is 0 Å². The highest BCUT2D eigenvalue weighted by molar-refractivity contribution is 6.31. The first-order valence-corrected chi connectivity index (χ1v) is 13.2. The maximum atomic E-state index is 13.3. The number of nitrogens with zero attached hydrogens (tertiary/aromatic N) is 4. The van der Waals surface area contributed by atoms with Gasteiger partial charge in [0.15, 0.2) is 0 Å². The third-order valence-electron chi connectivity index (χ3n) is 6.55. The average molecular weight is 541 g/mol. The number of hydrogen-bond donors (Lipinski definition) is 2. The minimum absolute atomic E-state index is 0.000933. The molecule has 1 aromatic heterocycles. The van der Waals surface area contributed by atoms with Crippen LogP contribution in [0.1, 0.15) is 74.1 Å². The summed E-state index contributed by atoms with van der Waals surface area (Å²) in [5.74, 6) is 0.387. The second-order valence-electron chi connectivity index (χ2n) is 10.5. The number of amides is 2. The molecule has 0 spiro atoms. The van der Waals surface area contributed by atoms with Gasteiger partial charge in [0.2, 0.25) is 0 Å². The maximum absolute atomic E-state index is 13.3. The highest BCUT2D eigenvalue weighted by Crippen LogP contribution is 2.29. The van der Waals surface area contributed by atoms with Gasteiger partial charge in [-0.05, 0) is 64.7 Å². The molecule has 0 bridgehead atoms. The van der Waals surface area contributed by atoms with E-state index in [1.807, 2.05) is 26.8 Å². The van der Waals surface area contributed by atoms with Crippen molar-refractivity contribution in [1.82, 2.24) is 25.7 Å². The van der Waals surface area contributed by atoms with Gasteiger partial charge in [0.25, 0.3) is 5.91 Å². The number of piperazine rings is 1. The Hall–Kier alpha value is -3.42. The monoisotopic (exact) mass is 540 g/mol. The first-order valence-electron chi connectivity index (χ1n) is 12.8. The molecular weight excluding hydrogens is 508 g/mol. The molecule has 2 amide bonds. The predicted molar refractivity (Wildman–Crippen MR) is 141 cm³/mol. The number of rotatable bonds is 5. The molecule has 2 aliphatic rings. The van der Waals surface area contributed by atoms with E-state index in [1.165, 1.54) is 6.20 Å². The number of ether oxygens (including phenoxy) is 2. The minimum atomic E-state index is -0.635. The third kappa shape index (κ3) is 6.91. The fraction of sp³-hybridized carbons (Fsp3) is 0.519. The number of nitrogens with one attached hydrogen (secondary N) is 2. The van der Waals surface area contributed by atoms with Gasteiger partial charge in [-0.25, -0.2) is 4.79 Å². The highest BCUT2D eigenvalue weighted by atomic mass is 35.5. The Balaban J connectivity index is 1.38. The smallest absolute Gasteiger partial charge is 0.410 e. The summed E-state index contributed by atoms with van der Waals surface area (Å²) in [7, 11) is 0. The molecule has 1 aromatic carbocycles. The Morgan fingerprint density at radius 1 is 1.21 bits per heavy atom. The van der Waals surface area contributed by atoms with Crippen LogP contribution >= 0.6 is 11.6 Å². The van der Waals surface area contributed by atoms with Crippen LogP contribution in [0.5, 0.6) is 5.75 Å². The normalized spacial score (nSPS) is 21.8. The molecule has 2 fully saturated rings. The molecular formula is C27H33ClN6O4. The summed E-state index contributed by atoms with van der Waals surface area (Å²) < 4.78 is 11.7. The zero-order chi connectivity index (χ0) is 27.3. The second-order valence-corrected chi connectivity index (χ2v) is 10.9. The number of halogens is 1. The van der Waals surface area contributed by atoms with E-state index in [0.29, 0.717) is 47.2 Å². The van der Waals surface area contributed by atoms with Crippen LogP contribution in [0.4, 0.5) is 4.79 Å². The van der Waals surface area contributed by atoms with Crippen molar-refractivity contribution in [3.63, 3.8) is 0 Å². The molecule has 2 heterocycles. The van der Waals surface area contributed by atoms with Crippen LogP contribution in [0.15, 0.2) is 30.5 Å². The van der Waals surface area contributed by atoms with Gasteiger partial charge in [-0.15, -0.1) is 0 Å². The molecule has 2 N–H and O–H groups in total. The highest BCUT2D eigenvalue weighted by Gasteiger charge is 2.35. The van der Waals surface area contributed by atoms with Crippen LogP contribution < -0.4 is 15.4 Å². The predicted octanol–water partition coefficient (Wildman–Crippen LogP) is 4.00. The van der Waals surface area contributed by atoms with E-state index in [-0.39, 0.29) is 18.1 Å². The van der Waals surface area contributed by atoms with Crippen LogP contribution in [0.3, 0.4) is 0 Å².